The number of rotatable bonds is 4. The summed E-state index contributed by atoms with van der Waals surface area (Å²) in [5.41, 5.74) is -1.50. The molecule has 0 aliphatic carbocycles. The number of hydrogen-bond acceptors (Lipinski definition) is 4. The maximum Gasteiger partial charge on any atom is 0.269 e. The average Bonchev–Trinajstić information content (AvgIpc) is 2.28. The van der Waals surface area contributed by atoms with E-state index in [0.29, 0.717) is 11.5 Å². The second-order valence-electron chi connectivity index (χ2n) is 2.99. The van der Waals surface area contributed by atoms with E-state index < -0.39 is 37.3 Å². The Morgan fingerprint density at radius 2 is 2.00 bits per heavy atom. The molecule has 1 aromatic carbocycles. The quantitative estimate of drug-likeness (QED) is 0.617. The van der Waals surface area contributed by atoms with Crippen molar-refractivity contribution in [3.05, 3.63) is 45.9 Å². The zero-order valence-electron chi connectivity index (χ0n) is 8.34. The summed E-state index contributed by atoms with van der Waals surface area (Å²) < 4.78 is 48.0. The molecule has 1 aromatic rings. The van der Waals surface area contributed by atoms with Crippen molar-refractivity contribution in [2.75, 3.05) is 0 Å². The second-order valence-corrected chi connectivity index (χ2v) is 4.85. The summed E-state index contributed by atoms with van der Waals surface area (Å²) in [5.74, 6) is 0. The van der Waals surface area contributed by atoms with Gasteiger partial charge in [0.25, 0.3) is 12.1 Å². The molecule has 0 heterocycles. The van der Waals surface area contributed by atoms with Gasteiger partial charge in [0, 0.05) is 23.1 Å². The van der Waals surface area contributed by atoms with Crippen LogP contribution in [0.2, 0.25) is 0 Å². The SMILES string of the molecule is C=CS(=O)(=O)c1ccc([N+](=O)[O-])cc1C(F)F. The Morgan fingerprint density at radius 1 is 1.41 bits per heavy atom. The van der Waals surface area contributed by atoms with E-state index in [1.165, 1.54) is 0 Å². The van der Waals surface area contributed by atoms with Crippen LogP contribution < -0.4 is 0 Å². The fourth-order valence-corrected chi connectivity index (χ4v) is 2.08. The van der Waals surface area contributed by atoms with Crippen molar-refractivity contribution in [1.82, 2.24) is 0 Å². The van der Waals surface area contributed by atoms with Crippen LogP contribution in [-0.2, 0) is 9.84 Å². The first kappa shape index (κ1) is 13.2. The lowest BCUT2D eigenvalue weighted by Crippen LogP contribution is -2.03. The van der Waals surface area contributed by atoms with Crippen molar-refractivity contribution in [1.29, 1.82) is 0 Å². The van der Waals surface area contributed by atoms with Crippen molar-refractivity contribution in [3.63, 3.8) is 0 Å². The molecular weight excluding hydrogens is 256 g/mol. The minimum absolute atomic E-state index is 0.514. The van der Waals surface area contributed by atoms with Crippen molar-refractivity contribution in [2.24, 2.45) is 0 Å². The third-order valence-electron chi connectivity index (χ3n) is 1.97. The molecule has 0 saturated carbocycles. The molecule has 0 unspecified atom stereocenters. The Kier molecular flexibility index (Phi) is 3.56. The number of halogens is 2. The lowest BCUT2D eigenvalue weighted by Gasteiger charge is -2.06. The minimum Gasteiger partial charge on any atom is -0.258 e. The number of sulfone groups is 1. The van der Waals surface area contributed by atoms with Crippen LogP contribution >= 0.6 is 0 Å². The average molecular weight is 263 g/mol. The number of alkyl halides is 2. The molecule has 0 aromatic heterocycles. The van der Waals surface area contributed by atoms with Crippen LogP contribution in [0.1, 0.15) is 12.0 Å². The highest BCUT2D eigenvalue weighted by Crippen LogP contribution is 2.30. The van der Waals surface area contributed by atoms with Crippen LogP contribution in [0.3, 0.4) is 0 Å². The Labute approximate surface area is 95.4 Å². The Morgan fingerprint density at radius 3 is 2.41 bits per heavy atom. The van der Waals surface area contributed by atoms with Gasteiger partial charge in [0.2, 0.25) is 0 Å². The smallest absolute Gasteiger partial charge is 0.258 e. The predicted octanol–water partition coefficient (Wildman–Crippen LogP) is 2.45. The van der Waals surface area contributed by atoms with E-state index in [4.69, 9.17) is 0 Å². The van der Waals surface area contributed by atoms with Gasteiger partial charge in [0.15, 0.2) is 9.84 Å². The molecule has 0 aliphatic rings. The summed E-state index contributed by atoms with van der Waals surface area (Å²) in [5, 5.41) is 10.9. The van der Waals surface area contributed by atoms with Crippen LogP contribution in [0.5, 0.6) is 0 Å². The number of nitrogens with zero attached hydrogens (tertiary/aromatic N) is 1. The van der Waals surface area contributed by atoms with E-state index in [2.05, 4.69) is 6.58 Å². The van der Waals surface area contributed by atoms with Gasteiger partial charge in [0.1, 0.15) is 0 Å². The zero-order chi connectivity index (χ0) is 13.2. The van der Waals surface area contributed by atoms with Gasteiger partial charge in [-0.2, -0.15) is 0 Å². The molecule has 0 amide bonds. The summed E-state index contributed by atoms with van der Waals surface area (Å²) in [6, 6.07) is 2.17. The molecule has 17 heavy (non-hydrogen) atoms. The van der Waals surface area contributed by atoms with E-state index in [0.717, 1.165) is 12.1 Å². The highest BCUT2D eigenvalue weighted by molar-refractivity contribution is 7.94. The lowest BCUT2D eigenvalue weighted by atomic mass is 10.2. The number of non-ortho nitro benzene ring substituents is 1. The Balaban J connectivity index is 3.54. The van der Waals surface area contributed by atoms with Gasteiger partial charge in [-0.15, -0.1) is 0 Å². The van der Waals surface area contributed by atoms with Gasteiger partial charge in [-0.05, 0) is 6.07 Å². The number of benzene rings is 1. The van der Waals surface area contributed by atoms with Gasteiger partial charge in [-0.25, -0.2) is 17.2 Å². The van der Waals surface area contributed by atoms with Gasteiger partial charge < -0.3 is 0 Å². The van der Waals surface area contributed by atoms with Crippen LogP contribution in [0.25, 0.3) is 0 Å². The highest BCUT2D eigenvalue weighted by atomic mass is 32.2. The minimum atomic E-state index is -4.06. The van der Waals surface area contributed by atoms with E-state index >= 15 is 0 Å². The fourth-order valence-electron chi connectivity index (χ4n) is 1.17. The van der Waals surface area contributed by atoms with Crippen molar-refractivity contribution in [3.8, 4) is 0 Å². The molecule has 0 atom stereocenters. The zero-order valence-corrected chi connectivity index (χ0v) is 9.15. The predicted molar refractivity (Wildman–Crippen MR) is 55.4 cm³/mol. The van der Waals surface area contributed by atoms with Gasteiger partial charge >= 0.3 is 0 Å². The standard InChI is InChI=1S/C9H7F2NO4S/c1-2-17(15,16)8-4-3-6(12(13)14)5-7(8)9(10)11/h2-5,9H,1H2. The lowest BCUT2D eigenvalue weighted by molar-refractivity contribution is -0.385. The largest absolute Gasteiger partial charge is 0.269 e. The molecule has 0 spiro atoms. The third-order valence-corrected chi connectivity index (χ3v) is 3.39. The van der Waals surface area contributed by atoms with Crippen LogP contribution in [0.15, 0.2) is 35.1 Å². The topological polar surface area (TPSA) is 77.3 Å². The Hall–Kier alpha value is -1.83. The maximum absolute atomic E-state index is 12.6. The first-order valence-electron chi connectivity index (χ1n) is 4.23. The molecule has 0 aliphatic heterocycles. The summed E-state index contributed by atoms with van der Waals surface area (Å²) in [7, 11) is -4.06. The molecule has 5 nitrogen and oxygen atoms in total. The first-order valence-corrected chi connectivity index (χ1v) is 5.78. The molecule has 0 radical (unpaired) electrons. The number of hydrogen-bond donors (Lipinski definition) is 0. The van der Waals surface area contributed by atoms with E-state index in [-0.39, 0.29) is 0 Å². The molecule has 0 saturated heterocycles. The summed E-state index contributed by atoms with van der Waals surface area (Å²) in [4.78, 5) is 8.85. The van der Waals surface area contributed by atoms with Crippen molar-refractivity contribution < 1.29 is 22.1 Å². The molecule has 8 heteroatoms. The van der Waals surface area contributed by atoms with Crippen LogP contribution in [0.4, 0.5) is 14.5 Å². The van der Waals surface area contributed by atoms with Gasteiger partial charge in [0.05, 0.1) is 9.82 Å². The molecular formula is C9H7F2NO4S. The molecule has 1 rings (SSSR count). The van der Waals surface area contributed by atoms with Crippen molar-refractivity contribution in [2.45, 2.75) is 11.3 Å². The van der Waals surface area contributed by atoms with Crippen molar-refractivity contribution >= 4 is 15.5 Å². The normalized spacial score (nSPS) is 11.5. The molecule has 0 N–H and O–H groups in total. The molecule has 92 valence electrons. The number of nitro groups is 1. The summed E-state index contributed by atoms with van der Waals surface area (Å²) in [6.07, 6.45) is -3.13. The van der Waals surface area contributed by atoms with Gasteiger partial charge in [-0.3, -0.25) is 10.1 Å². The maximum atomic E-state index is 12.6. The summed E-state index contributed by atoms with van der Waals surface area (Å²) in [6.45, 7) is 3.00. The van der Waals surface area contributed by atoms with Gasteiger partial charge in [-0.1, -0.05) is 6.58 Å². The fraction of sp³-hybridized carbons (Fsp3) is 0.111. The Bertz CT molecular complexity index is 568. The van der Waals surface area contributed by atoms with E-state index in [1.807, 2.05) is 0 Å². The van der Waals surface area contributed by atoms with E-state index in [1.54, 1.807) is 0 Å². The first-order chi connectivity index (χ1) is 7.79. The highest BCUT2D eigenvalue weighted by Gasteiger charge is 2.24. The van der Waals surface area contributed by atoms with Crippen LogP contribution in [-0.4, -0.2) is 13.3 Å². The third kappa shape index (κ3) is 2.64. The van der Waals surface area contributed by atoms with E-state index in [9.17, 15) is 27.3 Å². The second kappa shape index (κ2) is 4.58. The monoisotopic (exact) mass is 263 g/mol. The molecule has 0 bridgehead atoms. The molecule has 0 fully saturated rings. The summed E-state index contributed by atoms with van der Waals surface area (Å²) >= 11 is 0. The number of nitro benzene ring substituents is 1. The van der Waals surface area contributed by atoms with Crippen LogP contribution in [0, 0.1) is 10.1 Å².